The van der Waals surface area contributed by atoms with Crippen molar-refractivity contribution in [3.05, 3.63) is 54.4 Å². The molecule has 3 aromatic rings. The fraction of sp³-hybridized carbons (Fsp3) is 0.0714. The number of aromatic nitrogens is 2. The molecule has 2 nitrogen and oxygen atoms in total. The standard InChI is InChI=1S/C14H12N2/c1-10-4-2-3-5-11(10)12-6-8-15-14-13(12)7-9-16-14/h2-9H,1H3,(H,15,16). The van der Waals surface area contributed by atoms with Crippen molar-refractivity contribution in [2.45, 2.75) is 6.92 Å². The second kappa shape index (κ2) is 3.49. The zero-order chi connectivity index (χ0) is 11.0. The number of benzene rings is 1. The van der Waals surface area contributed by atoms with Crippen LogP contribution in [0.3, 0.4) is 0 Å². The Morgan fingerprint density at radius 2 is 1.88 bits per heavy atom. The van der Waals surface area contributed by atoms with Gasteiger partial charge in [-0.1, -0.05) is 24.3 Å². The highest BCUT2D eigenvalue weighted by Gasteiger charge is 2.06. The number of aryl methyl sites for hydroxylation is 1. The van der Waals surface area contributed by atoms with Crippen molar-refractivity contribution in [1.82, 2.24) is 9.97 Å². The third-order valence-corrected chi connectivity index (χ3v) is 2.90. The molecule has 0 fully saturated rings. The van der Waals surface area contributed by atoms with E-state index in [1.54, 1.807) is 0 Å². The Hall–Kier alpha value is -2.09. The maximum atomic E-state index is 4.30. The van der Waals surface area contributed by atoms with Gasteiger partial charge in [-0.05, 0) is 35.7 Å². The van der Waals surface area contributed by atoms with Crippen LogP contribution >= 0.6 is 0 Å². The minimum atomic E-state index is 0.945. The summed E-state index contributed by atoms with van der Waals surface area (Å²) in [4.78, 5) is 7.44. The van der Waals surface area contributed by atoms with Crippen molar-refractivity contribution in [3.63, 3.8) is 0 Å². The zero-order valence-electron chi connectivity index (χ0n) is 9.07. The summed E-state index contributed by atoms with van der Waals surface area (Å²) < 4.78 is 0. The van der Waals surface area contributed by atoms with Crippen molar-refractivity contribution < 1.29 is 0 Å². The van der Waals surface area contributed by atoms with Crippen LogP contribution in [0, 0.1) is 6.92 Å². The van der Waals surface area contributed by atoms with Crippen LogP contribution in [-0.4, -0.2) is 9.97 Å². The van der Waals surface area contributed by atoms with Crippen LogP contribution in [0.4, 0.5) is 0 Å². The first kappa shape index (κ1) is 9.16. The summed E-state index contributed by atoms with van der Waals surface area (Å²) in [7, 11) is 0. The number of H-pyrrole nitrogens is 1. The number of hydrogen-bond acceptors (Lipinski definition) is 1. The van der Waals surface area contributed by atoms with Crippen LogP contribution in [0.5, 0.6) is 0 Å². The van der Waals surface area contributed by atoms with Gasteiger partial charge in [-0.2, -0.15) is 0 Å². The molecule has 2 aromatic heterocycles. The van der Waals surface area contributed by atoms with E-state index in [0.717, 1.165) is 5.65 Å². The summed E-state index contributed by atoms with van der Waals surface area (Å²) in [5.74, 6) is 0. The fourth-order valence-corrected chi connectivity index (χ4v) is 2.07. The number of hydrogen-bond donors (Lipinski definition) is 1. The van der Waals surface area contributed by atoms with Gasteiger partial charge in [-0.25, -0.2) is 4.98 Å². The average molecular weight is 208 g/mol. The molecule has 2 heterocycles. The lowest BCUT2D eigenvalue weighted by Gasteiger charge is -2.06. The Morgan fingerprint density at radius 3 is 2.75 bits per heavy atom. The van der Waals surface area contributed by atoms with E-state index in [-0.39, 0.29) is 0 Å². The summed E-state index contributed by atoms with van der Waals surface area (Å²) in [6.07, 6.45) is 3.78. The molecule has 16 heavy (non-hydrogen) atoms. The SMILES string of the molecule is Cc1ccccc1-c1ccnc2[nH]ccc12. The molecule has 0 atom stereocenters. The molecule has 0 saturated carbocycles. The highest BCUT2D eigenvalue weighted by molar-refractivity contribution is 5.93. The maximum Gasteiger partial charge on any atom is 0.137 e. The van der Waals surface area contributed by atoms with Gasteiger partial charge in [-0.15, -0.1) is 0 Å². The number of nitrogens with one attached hydrogen (secondary N) is 1. The van der Waals surface area contributed by atoms with E-state index >= 15 is 0 Å². The largest absolute Gasteiger partial charge is 0.346 e. The van der Waals surface area contributed by atoms with Gasteiger partial charge < -0.3 is 4.98 Å². The predicted molar refractivity (Wildman–Crippen MR) is 66.3 cm³/mol. The third kappa shape index (κ3) is 1.31. The molecule has 2 heteroatoms. The molecule has 0 radical (unpaired) electrons. The molecular formula is C14H12N2. The number of aromatic amines is 1. The molecule has 3 rings (SSSR count). The van der Waals surface area contributed by atoms with Crippen molar-refractivity contribution in [2.75, 3.05) is 0 Å². The van der Waals surface area contributed by atoms with Crippen LogP contribution in [0.25, 0.3) is 22.2 Å². The minimum absolute atomic E-state index is 0.945. The van der Waals surface area contributed by atoms with Crippen molar-refractivity contribution in [3.8, 4) is 11.1 Å². The molecule has 0 spiro atoms. The van der Waals surface area contributed by atoms with E-state index in [1.807, 2.05) is 12.4 Å². The maximum absolute atomic E-state index is 4.30. The number of rotatable bonds is 1. The first-order valence-corrected chi connectivity index (χ1v) is 5.34. The van der Waals surface area contributed by atoms with E-state index in [4.69, 9.17) is 0 Å². The summed E-state index contributed by atoms with van der Waals surface area (Å²) in [6, 6.07) is 12.6. The quantitative estimate of drug-likeness (QED) is 0.651. The Bertz CT molecular complexity index is 638. The molecule has 0 amide bonds. The first-order chi connectivity index (χ1) is 7.86. The van der Waals surface area contributed by atoms with Crippen LogP contribution in [0.2, 0.25) is 0 Å². The van der Waals surface area contributed by atoms with Crippen molar-refractivity contribution in [2.24, 2.45) is 0 Å². The van der Waals surface area contributed by atoms with E-state index in [9.17, 15) is 0 Å². The smallest absolute Gasteiger partial charge is 0.137 e. The molecule has 0 aliphatic heterocycles. The van der Waals surface area contributed by atoms with Gasteiger partial charge in [0.1, 0.15) is 5.65 Å². The highest BCUT2D eigenvalue weighted by Crippen LogP contribution is 2.28. The van der Waals surface area contributed by atoms with Crippen LogP contribution in [0.1, 0.15) is 5.56 Å². The minimum Gasteiger partial charge on any atom is -0.346 e. The molecular weight excluding hydrogens is 196 g/mol. The van der Waals surface area contributed by atoms with Crippen molar-refractivity contribution in [1.29, 1.82) is 0 Å². The Labute approximate surface area is 94.0 Å². The van der Waals surface area contributed by atoms with E-state index in [0.29, 0.717) is 0 Å². The van der Waals surface area contributed by atoms with Gasteiger partial charge >= 0.3 is 0 Å². The van der Waals surface area contributed by atoms with Gasteiger partial charge in [0.05, 0.1) is 0 Å². The second-order valence-electron chi connectivity index (χ2n) is 3.91. The van der Waals surface area contributed by atoms with Gasteiger partial charge in [-0.3, -0.25) is 0 Å². The molecule has 1 N–H and O–H groups in total. The Balaban J connectivity index is 2.34. The predicted octanol–water partition coefficient (Wildman–Crippen LogP) is 3.54. The van der Waals surface area contributed by atoms with E-state index < -0.39 is 0 Å². The normalized spacial score (nSPS) is 10.8. The Morgan fingerprint density at radius 1 is 1.00 bits per heavy atom. The monoisotopic (exact) mass is 208 g/mol. The van der Waals surface area contributed by atoms with Gasteiger partial charge in [0.15, 0.2) is 0 Å². The second-order valence-corrected chi connectivity index (χ2v) is 3.91. The first-order valence-electron chi connectivity index (χ1n) is 5.34. The van der Waals surface area contributed by atoms with Crippen LogP contribution < -0.4 is 0 Å². The average Bonchev–Trinajstić information content (AvgIpc) is 2.77. The zero-order valence-corrected chi connectivity index (χ0v) is 9.07. The molecule has 78 valence electrons. The molecule has 0 aliphatic rings. The number of fused-ring (bicyclic) bond motifs is 1. The Kier molecular flexibility index (Phi) is 2.00. The van der Waals surface area contributed by atoms with E-state index in [1.165, 1.54) is 22.1 Å². The summed E-state index contributed by atoms with van der Waals surface area (Å²) in [6.45, 7) is 2.13. The lowest BCUT2D eigenvalue weighted by Crippen LogP contribution is -1.85. The van der Waals surface area contributed by atoms with Gasteiger partial charge in [0.25, 0.3) is 0 Å². The van der Waals surface area contributed by atoms with Gasteiger partial charge in [0.2, 0.25) is 0 Å². The van der Waals surface area contributed by atoms with Crippen molar-refractivity contribution >= 4 is 11.0 Å². The van der Waals surface area contributed by atoms with E-state index in [2.05, 4.69) is 53.3 Å². The van der Waals surface area contributed by atoms with Crippen LogP contribution in [-0.2, 0) is 0 Å². The molecule has 0 saturated heterocycles. The molecule has 0 aliphatic carbocycles. The molecule has 0 bridgehead atoms. The number of pyridine rings is 1. The molecule has 0 unspecified atom stereocenters. The summed E-state index contributed by atoms with van der Waals surface area (Å²) >= 11 is 0. The third-order valence-electron chi connectivity index (χ3n) is 2.90. The fourth-order valence-electron chi connectivity index (χ4n) is 2.07. The van der Waals surface area contributed by atoms with Gasteiger partial charge in [0, 0.05) is 17.8 Å². The lowest BCUT2D eigenvalue weighted by molar-refractivity contribution is 1.32. The lowest BCUT2D eigenvalue weighted by atomic mass is 9.99. The topological polar surface area (TPSA) is 28.7 Å². The number of nitrogens with zero attached hydrogens (tertiary/aromatic N) is 1. The molecule has 1 aromatic carbocycles. The highest BCUT2D eigenvalue weighted by atomic mass is 14.8. The summed E-state index contributed by atoms with van der Waals surface area (Å²) in [5.41, 5.74) is 4.75. The summed E-state index contributed by atoms with van der Waals surface area (Å²) in [5, 5.41) is 1.18. The van der Waals surface area contributed by atoms with Crippen LogP contribution in [0.15, 0.2) is 48.8 Å².